The number of anilines is 1. The number of carbonyl (C=O) groups excluding carboxylic acids is 1. The summed E-state index contributed by atoms with van der Waals surface area (Å²) in [5.41, 5.74) is 2.32. The van der Waals surface area contributed by atoms with E-state index in [4.69, 9.17) is 4.74 Å². The average molecular weight is 328 g/mol. The molecule has 0 aliphatic rings. The van der Waals surface area contributed by atoms with Crippen LogP contribution >= 0.6 is 0 Å². The Morgan fingerprint density at radius 2 is 1.92 bits per heavy atom. The van der Waals surface area contributed by atoms with Gasteiger partial charge in [-0.3, -0.25) is 4.79 Å². The lowest BCUT2D eigenvalue weighted by Gasteiger charge is -2.10. The molecule has 2 aromatic rings. The van der Waals surface area contributed by atoms with Crippen molar-refractivity contribution in [2.75, 3.05) is 19.0 Å². The van der Waals surface area contributed by atoms with Crippen LogP contribution in [-0.4, -0.2) is 35.6 Å². The van der Waals surface area contributed by atoms with Crippen LogP contribution in [0.15, 0.2) is 30.3 Å². The summed E-state index contributed by atoms with van der Waals surface area (Å²) in [5.74, 6) is 1.13. The largest absolute Gasteiger partial charge is 0.497 e. The maximum atomic E-state index is 12.1. The quantitative estimate of drug-likeness (QED) is 0.817. The van der Waals surface area contributed by atoms with Crippen LogP contribution < -0.4 is 15.4 Å². The van der Waals surface area contributed by atoms with E-state index in [0.717, 1.165) is 17.9 Å². The maximum Gasteiger partial charge on any atom is 0.270 e. The predicted molar refractivity (Wildman–Crippen MR) is 94.6 cm³/mol. The molecule has 0 aliphatic carbocycles. The first-order chi connectivity index (χ1) is 11.5. The van der Waals surface area contributed by atoms with Gasteiger partial charge in [0.15, 0.2) is 0 Å². The molecule has 0 fully saturated rings. The van der Waals surface area contributed by atoms with Gasteiger partial charge in [-0.2, -0.15) is 0 Å². The summed E-state index contributed by atoms with van der Waals surface area (Å²) in [5, 5.41) is 6.02. The summed E-state index contributed by atoms with van der Waals surface area (Å²) in [6.45, 7) is 6.36. The summed E-state index contributed by atoms with van der Waals surface area (Å²) in [6.07, 6.45) is 0.828. The second-order valence-electron chi connectivity index (χ2n) is 5.87. The second kappa shape index (κ2) is 8.29. The molecule has 0 spiro atoms. The molecule has 1 amide bonds. The number of methoxy groups -OCH3 is 1. The van der Waals surface area contributed by atoms with Crippen LogP contribution in [0.4, 0.5) is 5.95 Å². The van der Waals surface area contributed by atoms with Crippen molar-refractivity contribution in [2.45, 2.75) is 33.2 Å². The fourth-order valence-corrected chi connectivity index (χ4v) is 2.21. The Balaban J connectivity index is 1.96. The Bertz CT molecular complexity index is 684. The van der Waals surface area contributed by atoms with Crippen molar-refractivity contribution >= 4 is 11.9 Å². The summed E-state index contributed by atoms with van der Waals surface area (Å²) >= 11 is 0. The molecule has 2 rings (SSSR count). The number of amides is 1. The minimum atomic E-state index is -0.186. The molecule has 2 N–H and O–H groups in total. The molecule has 128 valence electrons. The Hall–Kier alpha value is -2.63. The van der Waals surface area contributed by atoms with Gasteiger partial charge in [0.2, 0.25) is 5.95 Å². The maximum absolute atomic E-state index is 12.1. The average Bonchev–Trinajstić information content (AvgIpc) is 2.54. The standard InChI is InChI=1S/C18H24N4O2/c1-12(2)20-17(23)16-11-13(3)21-18(22-16)19-10-9-14-5-7-15(24-4)8-6-14/h5-8,11-12H,9-10H2,1-4H3,(H,20,23)(H,19,21,22). The minimum absolute atomic E-state index is 0.0688. The number of carbonyl (C=O) groups is 1. The summed E-state index contributed by atoms with van der Waals surface area (Å²) in [4.78, 5) is 20.7. The van der Waals surface area contributed by atoms with Crippen LogP contribution in [0.1, 0.15) is 35.6 Å². The van der Waals surface area contributed by atoms with E-state index < -0.39 is 0 Å². The highest BCUT2D eigenvalue weighted by Crippen LogP contribution is 2.12. The Morgan fingerprint density at radius 1 is 1.21 bits per heavy atom. The molecule has 0 bridgehead atoms. The van der Waals surface area contributed by atoms with Crippen molar-refractivity contribution in [2.24, 2.45) is 0 Å². The first kappa shape index (κ1) is 17.7. The van der Waals surface area contributed by atoms with Gasteiger partial charge >= 0.3 is 0 Å². The molecule has 0 saturated carbocycles. The van der Waals surface area contributed by atoms with Crippen molar-refractivity contribution in [1.82, 2.24) is 15.3 Å². The molecule has 0 aliphatic heterocycles. The smallest absolute Gasteiger partial charge is 0.270 e. The molecule has 0 unspecified atom stereocenters. The molecular formula is C18H24N4O2. The first-order valence-corrected chi connectivity index (χ1v) is 8.01. The third kappa shape index (κ3) is 5.22. The highest BCUT2D eigenvalue weighted by atomic mass is 16.5. The zero-order chi connectivity index (χ0) is 17.5. The molecule has 0 saturated heterocycles. The van der Waals surface area contributed by atoms with Gasteiger partial charge in [0.05, 0.1) is 7.11 Å². The Morgan fingerprint density at radius 3 is 2.54 bits per heavy atom. The van der Waals surface area contributed by atoms with E-state index in [1.54, 1.807) is 13.2 Å². The lowest BCUT2D eigenvalue weighted by Crippen LogP contribution is -2.31. The number of nitrogens with zero attached hydrogens (tertiary/aromatic N) is 2. The van der Waals surface area contributed by atoms with E-state index in [1.165, 1.54) is 5.56 Å². The highest BCUT2D eigenvalue weighted by molar-refractivity contribution is 5.92. The van der Waals surface area contributed by atoms with Gasteiger partial charge in [0, 0.05) is 18.3 Å². The van der Waals surface area contributed by atoms with Crippen LogP contribution in [0.3, 0.4) is 0 Å². The minimum Gasteiger partial charge on any atom is -0.497 e. The number of aryl methyl sites for hydroxylation is 1. The summed E-state index contributed by atoms with van der Waals surface area (Å²) < 4.78 is 5.15. The predicted octanol–water partition coefficient (Wildman–Crippen LogP) is 2.59. The van der Waals surface area contributed by atoms with Gasteiger partial charge in [-0.15, -0.1) is 0 Å². The molecule has 0 radical (unpaired) electrons. The zero-order valence-electron chi connectivity index (χ0n) is 14.6. The number of hydrogen-bond acceptors (Lipinski definition) is 5. The normalized spacial score (nSPS) is 10.5. The van der Waals surface area contributed by atoms with E-state index >= 15 is 0 Å². The molecular weight excluding hydrogens is 304 g/mol. The van der Waals surface area contributed by atoms with Crippen molar-refractivity contribution in [3.8, 4) is 5.75 Å². The van der Waals surface area contributed by atoms with Crippen LogP contribution in [-0.2, 0) is 6.42 Å². The van der Waals surface area contributed by atoms with Crippen molar-refractivity contribution < 1.29 is 9.53 Å². The van der Waals surface area contributed by atoms with E-state index in [-0.39, 0.29) is 11.9 Å². The number of aromatic nitrogens is 2. The molecule has 1 heterocycles. The second-order valence-corrected chi connectivity index (χ2v) is 5.87. The van der Waals surface area contributed by atoms with E-state index in [1.807, 2.05) is 45.0 Å². The fourth-order valence-electron chi connectivity index (χ4n) is 2.21. The van der Waals surface area contributed by atoms with Crippen LogP contribution in [0, 0.1) is 6.92 Å². The van der Waals surface area contributed by atoms with Gasteiger partial charge in [0.25, 0.3) is 5.91 Å². The fraction of sp³-hybridized carbons (Fsp3) is 0.389. The van der Waals surface area contributed by atoms with E-state index in [9.17, 15) is 4.79 Å². The van der Waals surface area contributed by atoms with Crippen molar-refractivity contribution in [3.05, 3.63) is 47.3 Å². The Labute approximate surface area is 142 Å². The monoisotopic (exact) mass is 328 g/mol. The van der Waals surface area contributed by atoms with Gasteiger partial charge in [-0.1, -0.05) is 12.1 Å². The highest BCUT2D eigenvalue weighted by Gasteiger charge is 2.11. The third-order valence-electron chi connectivity index (χ3n) is 3.36. The SMILES string of the molecule is COc1ccc(CCNc2nc(C)cc(C(=O)NC(C)C)n2)cc1. The number of rotatable bonds is 7. The van der Waals surface area contributed by atoms with Gasteiger partial charge in [-0.05, 0) is 51.0 Å². The molecule has 24 heavy (non-hydrogen) atoms. The van der Waals surface area contributed by atoms with Crippen molar-refractivity contribution in [1.29, 1.82) is 0 Å². The topological polar surface area (TPSA) is 76.1 Å². The number of hydrogen-bond donors (Lipinski definition) is 2. The summed E-state index contributed by atoms with van der Waals surface area (Å²) in [7, 11) is 1.65. The number of nitrogens with one attached hydrogen (secondary N) is 2. The van der Waals surface area contributed by atoms with E-state index in [0.29, 0.717) is 18.2 Å². The lowest BCUT2D eigenvalue weighted by molar-refractivity contribution is 0.0938. The third-order valence-corrected chi connectivity index (χ3v) is 3.36. The first-order valence-electron chi connectivity index (χ1n) is 8.01. The zero-order valence-corrected chi connectivity index (χ0v) is 14.6. The summed E-state index contributed by atoms with van der Waals surface area (Å²) in [6, 6.07) is 9.68. The lowest BCUT2D eigenvalue weighted by atomic mass is 10.1. The molecule has 6 heteroatoms. The van der Waals surface area contributed by atoms with Gasteiger partial charge in [-0.25, -0.2) is 9.97 Å². The number of benzene rings is 1. The Kier molecular flexibility index (Phi) is 6.12. The molecule has 6 nitrogen and oxygen atoms in total. The molecule has 1 aromatic heterocycles. The van der Waals surface area contributed by atoms with E-state index in [2.05, 4.69) is 20.6 Å². The van der Waals surface area contributed by atoms with Gasteiger partial charge in [0.1, 0.15) is 11.4 Å². The van der Waals surface area contributed by atoms with Crippen LogP contribution in [0.2, 0.25) is 0 Å². The van der Waals surface area contributed by atoms with Gasteiger partial charge < -0.3 is 15.4 Å². The van der Waals surface area contributed by atoms with Crippen molar-refractivity contribution in [3.63, 3.8) is 0 Å². The van der Waals surface area contributed by atoms with Crippen LogP contribution in [0.25, 0.3) is 0 Å². The van der Waals surface area contributed by atoms with Crippen LogP contribution in [0.5, 0.6) is 5.75 Å². The number of ether oxygens (including phenoxy) is 1. The molecule has 1 aromatic carbocycles. The molecule has 0 atom stereocenters.